The summed E-state index contributed by atoms with van der Waals surface area (Å²) in [6.45, 7) is -0.109. The molecule has 180 valence electrons. The molecule has 33 heavy (non-hydrogen) atoms. The Bertz CT molecular complexity index is 912. The van der Waals surface area contributed by atoms with Crippen molar-refractivity contribution in [2.24, 2.45) is 10.9 Å². The number of nitrogens with zero attached hydrogens (tertiary/aromatic N) is 3. The molecule has 10 heteroatoms. The van der Waals surface area contributed by atoms with E-state index in [1.54, 1.807) is 31.4 Å². The Morgan fingerprint density at radius 1 is 1.21 bits per heavy atom. The van der Waals surface area contributed by atoms with Crippen LogP contribution in [-0.4, -0.2) is 50.3 Å². The zero-order valence-electron chi connectivity index (χ0n) is 18.5. The van der Waals surface area contributed by atoms with E-state index in [0.717, 1.165) is 25.1 Å². The highest BCUT2D eigenvalue weighted by molar-refractivity contribution is 14.0. The molecule has 1 unspecified atom stereocenters. The lowest BCUT2D eigenvalue weighted by atomic mass is 10.2. The van der Waals surface area contributed by atoms with Gasteiger partial charge in [-0.1, -0.05) is 18.2 Å². The van der Waals surface area contributed by atoms with Crippen LogP contribution in [0.3, 0.4) is 0 Å². The molecule has 0 radical (unpaired) electrons. The highest BCUT2D eigenvalue weighted by Gasteiger charge is 2.26. The minimum Gasteiger partial charge on any atom is -0.477 e. The van der Waals surface area contributed by atoms with E-state index in [-0.39, 0.29) is 35.8 Å². The lowest BCUT2D eigenvalue weighted by molar-refractivity contribution is -0.0495. The number of alkyl halides is 2. The van der Waals surface area contributed by atoms with Crippen LogP contribution in [0.4, 0.5) is 14.5 Å². The molecule has 0 bridgehead atoms. The number of hydrogen-bond donors (Lipinski definition) is 2. The van der Waals surface area contributed by atoms with Gasteiger partial charge in [0.1, 0.15) is 5.75 Å². The zero-order chi connectivity index (χ0) is 22.3. The van der Waals surface area contributed by atoms with E-state index in [9.17, 15) is 8.78 Å². The van der Waals surface area contributed by atoms with Crippen LogP contribution >= 0.6 is 24.0 Å². The molecule has 1 aliphatic heterocycles. The van der Waals surface area contributed by atoms with Gasteiger partial charge in [0.05, 0.1) is 12.3 Å². The van der Waals surface area contributed by atoms with Crippen molar-refractivity contribution in [1.82, 2.24) is 15.6 Å². The second kappa shape index (κ2) is 12.2. The quantitative estimate of drug-likeness (QED) is 0.268. The fourth-order valence-electron chi connectivity index (χ4n) is 3.67. The standard InChI is InChI=1S/C23H29F2N5O2.HI/c1-26-23(28-13-17-8-9-21(27-12-17)31-15-16-6-7-16)29-18-10-11-30(14-18)19-4-2-3-5-20(19)32-22(24)25;/h2-5,8-9,12,16,18,22H,6-7,10-11,13-15H2,1H3,(H2,26,28,29);1H. The first kappa shape index (κ1) is 25.3. The van der Waals surface area contributed by atoms with E-state index in [1.165, 1.54) is 12.8 Å². The van der Waals surface area contributed by atoms with E-state index in [1.807, 2.05) is 23.1 Å². The summed E-state index contributed by atoms with van der Waals surface area (Å²) in [7, 11) is 1.72. The van der Waals surface area contributed by atoms with E-state index < -0.39 is 6.61 Å². The maximum Gasteiger partial charge on any atom is 0.387 e. The molecule has 7 nitrogen and oxygen atoms in total. The Hall–Kier alpha value is -2.37. The van der Waals surface area contributed by atoms with Crippen molar-refractivity contribution in [3.8, 4) is 11.6 Å². The van der Waals surface area contributed by atoms with Crippen LogP contribution in [0.1, 0.15) is 24.8 Å². The van der Waals surface area contributed by atoms with Crippen LogP contribution in [0.15, 0.2) is 47.6 Å². The van der Waals surface area contributed by atoms with Crippen molar-refractivity contribution < 1.29 is 18.3 Å². The van der Waals surface area contributed by atoms with Crippen molar-refractivity contribution in [2.45, 2.75) is 38.5 Å². The summed E-state index contributed by atoms with van der Waals surface area (Å²) in [5, 5.41) is 6.71. The van der Waals surface area contributed by atoms with Crippen molar-refractivity contribution >= 4 is 35.6 Å². The van der Waals surface area contributed by atoms with Crippen molar-refractivity contribution in [3.63, 3.8) is 0 Å². The summed E-state index contributed by atoms with van der Waals surface area (Å²) < 4.78 is 35.8. The first-order valence-electron chi connectivity index (χ1n) is 10.9. The molecule has 1 saturated heterocycles. The SMILES string of the molecule is CN=C(NCc1ccc(OCC2CC2)nc1)NC1CCN(c2ccccc2OC(F)F)C1.I. The third-order valence-corrected chi connectivity index (χ3v) is 5.60. The third kappa shape index (κ3) is 7.58. The van der Waals surface area contributed by atoms with Crippen molar-refractivity contribution in [3.05, 3.63) is 48.2 Å². The number of benzene rings is 1. The molecule has 1 aliphatic carbocycles. The molecule has 0 amide bonds. The number of aliphatic imine (C=N–C) groups is 1. The molecule has 4 rings (SSSR count). The molecular formula is C23H30F2IN5O2. The van der Waals surface area contributed by atoms with Gasteiger partial charge in [-0.2, -0.15) is 8.78 Å². The van der Waals surface area contributed by atoms with Crippen LogP contribution in [0, 0.1) is 5.92 Å². The summed E-state index contributed by atoms with van der Waals surface area (Å²) in [6, 6.07) is 10.9. The van der Waals surface area contributed by atoms with Crippen molar-refractivity contribution in [2.75, 3.05) is 31.6 Å². The Balaban J connectivity index is 0.00000306. The molecule has 1 atom stereocenters. The van der Waals surface area contributed by atoms with E-state index in [4.69, 9.17) is 4.74 Å². The lowest BCUT2D eigenvalue weighted by Gasteiger charge is -2.22. The number of hydrogen-bond acceptors (Lipinski definition) is 5. The monoisotopic (exact) mass is 573 g/mol. The molecule has 1 aromatic heterocycles. The summed E-state index contributed by atoms with van der Waals surface area (Å²) in [4.78, 5) is 10.7. The molecule has 2 fully saturated rings. The van der Waals surface area contributed by atoms with Gasteiger partial charge in [-0.25, -0.2) is 4.98 Å². The molecule has 1 aromatic carbocycles. The highest BCUT2D eigenvalue weighted by Crippen LogP contribution is 2.32. The van der Waals surface area contributed by atoms with Gasteiger partial charge >= 0.3 is 6.61 Å². The minimum absolute atomic E-state index is 0. The molecule has 2 aliphatic rings. The normalized spacial score (nSPS) is 18.1. The van der Waals surface area contributed by atoms with E-state index in [2.05, 4.69) is 25.3 Å². The van der Waals surface area contributed by atoms with Gasteiger partial charge in [0.2, 0.25) is 5.88 Å². The van der Waals surface area contributed by atoms with Gasteiger partial charge in [-0.3, -0.25) is 4.99 Å². The molecule has 2 aromatic rings. The fraction of sp³-hybridized carbons (Fsp3) is 0.478. The number of nitrogens with one attached hydrogen (secondary N) is 2. The second-order valence-corrected chi connectivity index (χ2v) is 8.11. The van der Waals surface area contributed by atoms with Crippen molar-refractivity contribution in [1.29, 1.82) is 0 Å². The number of halogens is 3. The minimum atomic E-state index is -2.84. The Morgan fingerprint density at radius 2 is 2.03 bits per heavy atom. The van der Waals surface area contributed by atoms with Gasteiger partial charge < -0.3 is 25.0 Å². The largest absolute Gasteiger partial charge is 0.477 e. The highest BCUT2D eigenvalue weighted by atomic mass is 127. The average Bonchev–Trinajstić information content (AvgIpc) is 3.52. The third-order valence-electron chi connectivity index (χ3n) is 5.60. The predicted molar refractivity (Wildman–Crippen MR) is 135 cm³/mol. The van der Waals surface area contributed by atoms with Crippen LogP contribution in [-0.2, 0) is 6.54 Å². The van der Waals surface area contributed by atoms with E-state index >= 15 is 0 Å². The topological polar surface area (TPSA) is 71.0 Å². The number of para-hydroxylation sites is 2. The molecule has 1 saturated carbocycles. The van der Waals surface area contributed by atoms with E-state index in [0.29, 0.717) is 36.5 Å². The van der Waals surface area contributed by atoms with Gasteiger partial charge in [0.25, 0.3) is 0 Å². The molecule has 2 N–H and O–H groups in total. The maximum absolute atomic E-state index is 12.7. The number of anilines is 1. The van der Waals surface area contributed by atoms with Gasteiger partial charge in [0, 0.05) is 45.0 Å². The fourth-order valence-corrected chi connectivity index (χ4v) is 3.67. The van der Waals surface area contributed by atoms with Crippen LogP contribution in [0.5, 0.6) is 11.6 Å². The Kier molecular flexibility index (Phi) is 9.33. The van der Waals surface area contributed by atoms with Gasteiger partial charge in [0.15, 0.2) is 5.96 Å². The number of guanidine groups is 1. The number of aromatic nitrogens is 1. The number of ether oxygens (including phenoxy) is 2. The lowest BCUT2D eigenvalue weighted by Crippen LogP contribution is -2.44. The predicted octanol–water partition coefficient (Wildman–Crippen LogP) is 4.03. The smallest absolute Gasteiger partial charge is 0.387 e. The molecule has 2 heterocycles. The average molecular weight is 573 g/mol. The Labute approximate surface area is 210 Å². The Morgan fingerprint density at radius 3 is 2.73 bits per heavy atom. The van der Waals surface area contributed by atoms with Gasteiger partial charge in [-0.15, -0.1) is 24.0 Å². The van der Waals surface area contributed by atoms with Crippen LogP contribution < -0.4 is 25.0 Å². The summed E-state index contributed by atoms with van der Waals surface area (Å²) in [5.41, 5.74) is 1.70. The second-order valence-electron chi connectivity index (χ2n) is 8.11. The number of pyridine rings is 1. The first-order chi connectivity index (χ1) is 15.6. The summed E-state index contributed by atoms with van der Waals surface area (Å²) >= 11 is 0. The first-order valence-corrected chi connectivity index (χ1v) is 10.9. The maximum atomic E-state index is 12.7. The van der Waals surface area contributed by atoms with Gasteiger partial charge in [-0.05, 0) is 42.9 Å². The van der Waals surface area contributed by atoms with Crippen LogP contribution in [0.25, 0.3) is 0 Å². The van der Waals surface area contributed by atoms with Crippen LogP contribution in [0.2, 0.25) is 0 Å². The summed E-state index contributed by atoms with van der Waals surface area (Å²) in [5.74, 6) is 2.24. The summed E-state index contributed by atoms with van der Waals surface area (Å²) in [6.07, 6.45) is 5.17. The molecular weight excluding hydrogens is 543 g/mol. The molecule has 0 spiro atoms. The zero-order valence-corrected chi connectivity index (χ0v) is 20.9. The number of rotatable bonds is 9.